The molecule has 2 atom stereocenters. The van der Waals surface area contributed by atoms with Crippen molar-refractivity contribution in [2.24, 2.45) is 0 Å². The van der Waals surface area contributed by atoms with Crippen LogP contribution in [0.25, 0.3) is 11.1 Å². The molecule has 152 valence electrons. The van der Waals surface area contributed by atoms with Gasteiger partial charge in [0.05, 0.1) is 12.3 Å². The zero-order valence-electron chi connectivity index (χ0n) is 16.0. The molecule has 7 nitrogen and oxygen atoms in total. The van der Waals surface area contributed by atoms with Crippen molar-refractivity contribution in [1.29, 1.82) is 0 Å². The summed E-state index contributed by atoms with van der Waals surface area (Å²) in [6, 6.07) is 12.9. The molecule has 0 saturated carbocycles. The molecule has 2 aromatic rings. The Labute approximate surface area is 167 Å². The van der Waals surface area contributed by atoms with Crippen molar-refractivity contribution >= 4 is 23.5 Å². The number of hydrogen-bond donors (Lipinski definition) is 2. The number of carbonyl (C=O) groups excluding carboxylic acids is 2. The molecule has 0 unspecified atom stereocenters. The highest BCUT2D eigenvalue weighted by Gasteiger charge is 2.45. The highest BCUT2D eigenvalue weighted by Crippen LogP contribution is 2.40. The molecule has 1 aliphatic rings. The molecule has 1 aliphatic heterocycles. The van der Waals surface area contributed by atoms with Crippen LogP contribution in [0.5, 0.6) is 0 Å². The predicted molar refractivity (Wildman–Crippen MR) is 104 cm³/mol. The first-order valence-electron chi connectivity index (χ1n) is 9.01. The van der Waals surface area contributed by atoms with E-state index < -0.39 is 29.5 Å². The molecule has 1 heterocycles. The maximum Gasteiger partial charge on any atom is 0.351 e. The smallest absolute Gasteiger partial charge is 0.351 e. The Morgan fingerprint density at radius 2 is 1.79 bits per heavy atom. The van der Waals surface area contributed by atoms with Gasteiger partial charge in [0.15, 0.2) is 0 Å². The molecule has 0 fully saturated rings. The Morgan fingerprint density at radius 1 is 1.17 bits per heavy atom. The van der Waals surface area contributed by atoms with Crippen molar-refractivity contribution in [3.8, 4) is 11.1 Å². The third-order valence-corrected chi connectivity index (χ3v) is 4.89. The van der Waals surface area contributed by atoms with Crippen LogP contribution in [0.2, 0.25) is 0 Å². The van der Waals surface area contributed by atoms with E-state index in [4.69, 9.17) is 9.84 Å². The molecule has 2 N–H and O–H groups in total. The first-order chi connectivity index (χ1) is 13.8. The van der Waals surface area contributed by atoms with Gasteiger partial charge in [-0.1, -0.05) is 42.5 Å². The second-order valence-electron chi connectivity index (χ2n) is 6.80. The van der Waals surface area contributed by atoms with Crippen LogP contribution in [0.15, 0.2) is 48.5 Å². The van der Waals surface area contributed by atoms with E-state index in [1.165, 1.54) is 12.0 Å². The highest BCUT2D eigenvalue weighted by molar-refractivity contribution is 6.09. The van der Waals surface area contributed by atoms with Gasteiger partial charge in [-0.3, -0.25) is 9.59 Å². The van der Waals surface area contributed by atoms with Crippen LogP contribution in [-0.4, -0.2) is 48.8 Å². The lowest BCUT2D eigenvalue weighted by molar-refractivity contribution is -0.157. The number of carboxylic acids is 1. The number of benzene rings is 2. The summed E-state index contributed by atoms with van der Waals surface area (Å²) in [4.78, 5) is 38.4. The largest absolute Gasteiger partial charge is 0.478 e. The summed E-state index contributed by atoms with van der Waals surface area (Å²) in [7, 11) is 1.50. The van der Waals surface area contributed by atoms with E-state index in [2.05, 4.69) is 5.32 Å². The van der Waals surface area contributed by atoms with Crippen LogP contribution in [-0.2, 0) is 19.1 Å². The average Bonchev–Trinajstić information content (AvgIpc) is 2.80. The number of methoxy groups -OCH3 is 1. The van der Waals surface area contributed by atoms with Crippen LogP contribution >= 0.6 is 0 Å². The second-order valence-corrected chi connectivity index (χ2v) is 6.80. The quantitative estimate of drug-likeness (QED) is 0.726. The third kappa shape index (κ3) is 3.71. The lowest BCUT2D eigenvalue weighted by atomic mass is 9.95. The van der Waals surface area contributed by atoms with Gasteiger partial charge < -0.3 is 20.1 Å². The monoisotopic (exact) mass is 400 g/mol. The second kappa shape index (κ2) is 8.00. The number of alkyl halides is 1. The fourth-order valence-electron chi connectivity index (χ4n) is 3.25. The molecule has 3 rings (SSSR count). The number of anilines is 1. The van der Waals surface area contributed by atoms with Gasteiger partial charge in [-0.05, 0) is 24.1 Å². The number of carboxylic acid groups (broad SMARTS) is 1. The molecule has 0 spiro atoms. The van der Waals surface area contributed by atoms with E-state index in [1.807, 2.05) is 12.1 Å². The van der Waals surface area contributed by atoms with Gasteiger partial charge in [0.2, 0.25) is 0 Å². The number of amides is 2. The number of nitrogens with zero attached hydrogens (tertiary/aromatic N) is 1. The lowest BCUT2D eigenvalue weighted by Gasteiger charge is -2.27. The number of para-hydroxylation sites is 1. The minimum Gasteiger partial charge on any atom is -0.478 e. The molecule has 0 aliphatic carbocycles. The molecule has 0 aromatic heterocycles. The predicted octanol–water partition coefficient (Wildman–Crippen LogP) is 2.32. The van der Waals surface area contributed by atoms with E-state index in [0.29, 0.717) is 23.7 Å². The van der Waals surface area contributed by atoms with Crippen molar-refractivity contribution in [2.45, 2.75) is 18.6 Å². The Hall–Kier alpha value is -3.26. The molecule has 8 heteroatoms. The van der Waals surface area contributed by atoms with Gasteiger partial charge in [0.25, 0.3) is 17.5 Å². The van der Waals surface area contributed by atoms with E-state index in [0.717, 1.165) is 5.56 Å². The highest BCUT2D eigenvalue weighted by atomic mass is 19.1. The van der Waals surface area contributed by atoms with Gasteiger partial charge >= 0.3 is 5.97 Å². The van der Waals surface area contributed by atoms with Gasteiger partial charge in [0.1, 0.15) is 6.04 Å². The van der Waals surface area contributed by atoms with Gasteiger partial charge in [-0.2, -0.15) is 0 Å². The number of hydrogen-bond acceptors (Lipinski definition) is 4. The molecule has 2 amide bonds. The summed E-state index contributed by atoms with van der Waals surface area (Å²) < 4.78 is 19.5. The average molecular weight is 400 g/mol. The van der Waals surface area contributed by atoms with Gasteiger partial charge in [0, 0.05) is 19.2 Å². The molecule has 29 heavy (non-hydrogen) atoms. The van der Waals surface area contributed by atoms with Crippen molar-refractivity contribution in [3.63, 3.8) is 0 Å². The van der Waals surface area contributed by atoms with Crippen molar-refractivity contribution in [1.82, 2.24) is 5.32 Å². The maximum atomic E-state index is 14.4. The Balaban J connectivity index is 2.13. The van der Waals surface area contributed by atoms with E-state index in [-0.39, 0.29) is 13.2 Å². The zero-order valence-corrected chi connectivity index (χ0v) is 16.0. The summed E-state index contributed by atoms with van der Waals surface area (Å²) in [6.45, 7) is 1.10. The van der Waals surface area contributed by atoms with Crippen LogP contribution in [0.4, 0.5) is 10.1 Å². The number of ether oxygens (including phenoxy) is 1. The molecule has 0 saturated heterocycles. The van der Waals surface area contributed by atoms with Crippen LogP contribution < -0.4 is 10.2 Å². The normalized spacial score (nSPS) is 17.6. The molecule has 0 radical (unpaired) electrons. The number of nitrogens with one attached hydrogen (secondary N) is 1. The standard InChI is InChI=1S/C21H21FN2O5/c1-21(22,20(27)28)19(26)23-17-15-9-4-3-7-13(15)14-8-5-6-10-16(14)24(18(17)25)11-12-29-2/h3-10,17H,11-12H2,1-2H3,(H,23,26)(H,27,28)/t17-,21-/m0/s1. The molecular weight excluding hydrogens is 379 g/mol. The molecule has 2 aromatic carbocycles. The summed E-state index contributed by atoms with van der Waals surface area (Å²) in [5.41, 5.74) is -0.631. The van der Waals surface area contributed by atoms with Crippen LogP contribution in [0.1, 0.15) is 18.5 Å². The van der Waals surface area contributed by atoms with Crippen molar-refractivity contribution < 1.29 is 28.6 Å². The number of aliphatic carboxylic acids is 1. The van der Waals surface area contributed by atoms with Crippen LogP contribution in [0, 0.1) is 0 Å². The minimum atomic E-state index is -3.17. The number of halogens is 1. The first-order valence-corrected chi connectivity index (χ1v) is 9.01. The Morgan fingerprint density at radius 3 is 2.45 bits per heavy atom. The number of rotatable bonds is 6. The minimum absolute atomic E-state index is 0.207. The number of fused-ring (bicyclic) bond motifs is 3. The Kier molecular flexibility index (Phi) is 5.65. The topological polar surface area (TPSA) is 95.9 Å². The SMILES string of the molecule is COCCN1C(=O)[C@@H](NC(=O)[C@](C)(F)C(=O)O)c2ccccc2-c2ccccc21. The van der Waals surface area contributed by atoms with Crippen molar-refractivity contribution in [3.05, 3.63) is 54.1 Å². The molecule has 0 bridgehead atoms. The zero-order chi connectivity index (χ0) is 21.2. The van der Waals surface area contributed by atoms with Crippen LogP contribution in [0.3, 0.4) is 0 Å². The maximum absolute atomic E-state index is 14.4. The third-order valence-electron chi connectivity index (χ3n) is 4.89. The van der Waals surface area contributed by atoms with Gasteiger partial charge in [-0.15, -0.1) is 0 Å². The summed E-state index contributed by atoms with van der Waals surface area (Å²) >= 11 is 0. The van der Waals surface area contributed by atoms with E-state index >= 15 is 0 Å². The van der Waals surface area contributed by atoms with E-state index in [1.54, 1.807) is 36.4 Å². The van der Waals surface area contributed by atoms with Gasteiger partial charge in [-0.25, -0.2) is 9.18 Å². The summed E-state index contributed by atoms with van der Waals surface area (Å²) in [5.74, 6) is -3.83. The van der Waals surface area contributed by atoms with Crippen molar-refractivity contribution in [2.75, 3.05) is 25.2 Å². The fraction of sp³-hybridized carbons (Fsp3) is 0.286. The Bertz CT molecular complexity index is 960. The summed E-state index contributed by atoms with van der Waals surface area (Å²) in [6.07, 6.45) is 0. The summed E-state index contributed by atoms with van der Waals surface area (Å²) in [5, 5.41) is 11.3. The number of carbonyl (C=O) groups is 3. The lowest BCUT2D eigenvalue weighted by Crippen LogP contribution is -2.51. The molecular formula is C21H21FN2O5. The van der Waals surface area contributed by atoms with E-state index in [9.17, 15) is 18.8 Å². The first kappa shape index (κ1) is 20.5. The fourth-order valence-corrected chi connectivity index (χ4v) is 3.25.